The summed E-state index contributed by atoms with van der Waals surface area (Å²) in [5.74, 6) is 0.175. The predicted octanol–water partition coefficient (Wildman–Crippen LogP) is 1.71. The van der Waals surface area contributed by atoms with E-state index >= 15 is 0 Å². The maximum absolute atomic E-state index is 11.9. The largest absolute Gasteiger partial charge is 0.382 e. The Morgan fingerprint density at radius 1 is 1.59 bits per heavy atom. The van der Waals surface area contributed by atoms with Gasteiger partial charge in [-0.1, -0.05) is 24.7 Å². The summed E-state index contributed by atoms with van der Waals surface area (Å²) in [6.45, 7) is 4.08. The minimum atomic E-state index is -0.131. The van der Waals surface area contributed by atoms with E-state index in [1.165, 1.54) is 11.3 Å². The first-order valence-corrected chi connectivity index (χ1v) is 6.51. The van der Waals surface area contributed by atoms with E-state index in [0.29, 0.717) is 10.7 Å². The maximum atomic E-state index is 11.9. The second-order valence-electron chi connectivity index (χ2n) is 4.27. The molecule has 0 spiro atoms. The Balaban J connectivity index is 2.75. The van der Waals surface area contributed by atoms with Gasteiger partial charge >= 0.3 is 0 Å². The zero-order valence-electron chi connectivity index (χ0n) is 10.8. The molecule has 0 radical (unpaired) electrons. The zero-order valence-corrected chi connectivity index (χ0v) is 11.6. The number of aromatic nitrogens is 1. The van der Waals surface area contributed by atoms with Gasteiger partial charge in [-0.25, -0.2) is 4.98 Å². The van der Waals surface area contributed by atoms with Crippen LogP contribution >= 0.6 is 11.3 Å². The standard InChI is InChI=1S/C11H20N4OS/c1-5-6-7(2)13-10(16)8-9(12)14-11(17-8)15(3)4/h7H,5-6,12H2,1-4H3,(H,13,16). The Kier molecular flexibility index (Phi) is 4.74. The summed E-state index contributed by atoms with van der Waals surface area (Å²) in [5.41, 5.74) is 5.74. The van der Waals surface area contributed by atoms with Crippen molar-refractivity contribution in [3.63, 3.8) is 0 Å². The zero-order chi connectivity index (χ0) is 13.0. The lowest BCUT2D eigenvalue weighted by molar-refractivity contribution is 0.0943. The minimum absolute atomic E-state index is 0.131. The molecule has 0 saturated carbocycles. The van der Waals surface area contributed by atoms with E-state index in [1.807, 2.05) is 25.9 Å². The third-order valence-electron chi connectivity index (χ3n) is 2.33. The van der Waals surface area contributed by atoms with Gasteiger partial charge in [0.25, 0.3) is 5.91 Å². The number of amides is 1. The number of carbonyl (C=O) groups excluding carboxylic acids is 1. The summed E-state index contributed by atoms with van der Waals surface area (Å²) in [6, 6.07) is 0.164. The SMILES string of the molecule is CCCC(C)NC(=O)c1sc(N(C)C)nc1N. The lowest BCUT2D eigenvalue weighted by atomic mass is 10.2. The highest BCUT2D eigenvalue weighted by atomic mass is 32.1. The predicted molar refractivity (Wildman–Crippen MR) is 72.7 cm³/mol. The van der Waals surface area contributed by atoms with E-state index in [-0.39, 0.29) is 11.9 Å². The fourth-order valence-corrected chi connectivity index (χ4v) is 2.28. The Hall–Kier alpha value is -1.30. The summed E-state index contributed by atoms with van der Waals surface area (Å²) in [5, 5.41) is 3.67. The van der Waals surface area contributed by atoms with Crippen molar-refractivity contribution in [2.75, 3.05) is 24.7 Å². The average molecular weight is 256 g/mol. The molecule has 1 rings (SSSR count). The van der Waals surface area contributed by atoms with E-state index in [0.717, 1.165) is 18.0 Å². The number of hydrogen-bond donors (Lipinski definition) is 2. The van der Waals surface area contributed by atoms with Crippen LogP contribution in [-0.2, 0) is 0 Å². The smallest absolute Gasteiger partial charge is 0.265 e. The summed E-state index contributed by atoms with van der Waals surface area (Å²) in [6.07, 6.45) is 2.01. The first-order valence-electron chi connectivity index (χ1n) is 5.70. The highest BCUT2D eigenvalue weighted by molar-refractivity contribution is 7.18. The van der Waals surface area contributed by atoms with Gasteiger partial charge in [-0.3, -0.25) is 4.79 Å². The van der Waals surface area contributed by atoms with E-state index in [1.54, 1.807) is 0 Å². The van der Waals surface area contributed by atoms with Crippen molar-refractivity contribution in [3.8, 4) is 0 Å². The number of nitrogens with zero attached hydrogens (tertiary/aromatic N) is 2. The molecule has 5 nitrogen and oxygen atoms in total. The van der Waals surface area contributed by atoms with Crippen molar-refractivity contribution >= 4 is 28.2 Å². The van der Waals surface area contributed by atoms with Crippen LogP contribution in [0.2, 0.25) is 0 Å². The number of nitrogens with two attached hydrogens (primary N) is 1. The van der Waals surface area contributed by atoms with Gasteiger partial charge in [0.15, 0.2) is 5.13 Å². The highest BCUT2D eigenvalue weighted by Gasteiger charge is 2.18. The topological polar surface area (TPSA) is 71.2 Å². The summed E-state index contributed by atoms with van der Waals surface area (Å²) in [7, 11) is 3.75. The van der Waals surface area contributed by atoms with Gasteiger partial charge in [0, 0.05) is 20.1 Å². The van der Waals surface area contributed by atoms with Crippen molar-refractivity contribution in [2.24, 2.45) is 0 Å². The van der Waals surface area contributed by atoms with Gasteiger partial charge in [0.2, 0.25) is 0 Å². The molecule has 0 aromatic carbocycles. The number of nitrogen functional groups attached to an aromatic ring is 1. The molecule has 1 aromatic rings. The van der Waals surface area contributed by atoms with E-state index in [2.05, 4.69) is 17.2 Å². The van der Waals surface area contributed by atoms with Crippen LogP contribution < -0.4 is 16.0 Å². The lowest BCUT2D eigenvalue weighted by Gasteiger charge is -2.11. The molecule has 0 saturated heterocycles. The highest BCUT2D eigenvalue weighted by Crippen LogP contribution is 2.26. The Labute approximate surface area is 106 Å². The van der Waals surface area contributed by atoms with Crippen LogP contribution in [0.5, 0.6) is 0 Å². The average Bonchev–Trinajstić information content (AvgIpc) is 2.60. The van der Waals surface area contributed by atoms with E-state index in [9.17, 15) is 4.79 Å². The molecule has 6 heteroatoms. The number of anilines is 2. The summed E-state index contributed by atoms with van der Waals surface area (Å²) in [4.78, 5) is 18.4. The van der Waals surface area contributed by atoms with E-state index in [4.69, 9.17) is 5.73 Å². The molecule has 1 unspecified atom stereocenters. The van der Waals surface area contributed by atoms with Gasteiger partial charge in [0.05, 0.1) is 0 Å². The van der Waals surface area contributed by atoms with Crippen molar-refractivity contribution in [3.05, 3.63) is 4.88 Å². The first-order chi connectivity index (χ1) is 7.95. The number of thiazole rings is 1. The van der Waals surface area contributed by atoms with Crippen LogP contribution in [0.15, 0.2) is 0 Å². The lowest BCUT2D eigenvalue weighted by Crippen LogP contribution is -2.32. The second kappa shape index (κ2) is 5.86. The molecule has 1 amide bonds. The molecule has 17 heavy (non-hydrogen) atoms. The number of carbonyl (C=O) groups is 1. The number of hydrogen-bond acceptors (Lipinski definition) is 5. The van der Waals surface area contributed by atoms with Crippen LogP contribution in [-0.4, -0.2) is 31.0 Å². The molecular weight excluding hydrogens is 236 g/mol. The van der Waals surface area contributed by atoms with Crippen LogP contribution in [0.1, 0.15) is 36.4 Å². The van der Waals surface area contributed by atoms with Gasteiger partial charge < -0.3 is 16.0 Å². The Morgan fingerprint density at radius 3 is 2.71 bits per heavy atom. The quantitative estimate of drug-likeness (QED) is 0.841. The fraction of sp³-hybridized carbons (Fsp3) is 0.636. The second-order valence-corrected chi connectivity index (χ2v) is 5.25. The Bertz CT molecular complexity index is 389. The molecule has 1 aromatic heterocycles. The molecule has 0 aliphatic heterocycles. The third-order valence-corrected chi connectivity index (χ3v) is 3.57. The van der Waals surface area contributed by atoms with Crippen molar-refractivity contribution in [1.29, 1.82) is 0 Å². The molecular formula is C11H20N4OS. The van der Waals surface area contributed by atoms with Gasteiger partial charge in [-0.05, 0) is 13.3 Å². The molecule has 0 fully saturated rings. The minimum Gasteiger partial charge on any atom is -0.382 e. The molecule has 3 N–H and O–H groups in total. The normalized spacial score (nSPS) is 12.2. The van der Waals surface area contributed by atoms with E-state index < -0.39 is 0 Å². The van der Waals surface area contributed by atoms with Gasteiger partial charge in [-0.15, -0.1) is 0 Å². The van der Waals surface area contributed by atoms with Crippen LogP contribution in [0.25, 0.3) is 0 Å². The summed E-state index contributed by atoms with van der Waals surface area (Å²) >= 11 is 1.31. The Morgan fingerprint density at radius 2 is 2.24 bits per heavy atom. The van der Waals surface area contributed by atoms with Crippen molar-refractivity contribution < 1.29 is 4.79 Å². The third kappa shape index (κ3) is 3.59. The fourth-order valence-electron chi connectivity index (χ4n) is 1.47. The van der Waals surface area contributed by atoms with Gasteiger partial charge in [-0.2, -0.15) is 0 Å². The first kappa shape index (κ1) is 13.8. The maximum Gasteiger partial charge on any atom is 0.265 e. The number of nitrogens with one attached hydrogen (secondary N) is 1. The molecule has 0 aliphatic carbocycles. The van der Waals surface area contributed by atoms with Crippen molar-refractivity contribution in [2.45, 2.75) is 32.7 Å². The molecule has 0 aliphatic rings. The van der Waals surface area contributed by atoms with Crippen LogP contribution in [0.3, 0.4) is 0 Å². The molecule has 96 valence electrons. The van der Waals surface area contributed by atoms with Crippen LogP contribution in [0, 0.1) is 0 Å². The number of rotatable bonds is 5. The van der Waals surface area contributed by atoms with Gasteiger partial charge in [0.1, 0.15) is 10.7 Å². The molecule has 1 heterocycles. The van der Waals surface area contributed by atoms with Crippen molar-refractivity contribution in [1.82, 2.24) is 10.3 Å². The van der Waals surface area contributed by atoms with Crippen LogP contribution in [0.4, 0.5) is 10.9 Å². The molecule has 1 atom stereocenters. The monoisotopic (exact) mass is 256 g/mol. The molecule has 0 bridgehead atoms. The summed E-state index contributed by atoms with van der Waals surface area (Å²) < 4.78 is 0.